The average Bonchev–Trinajstić information content (AvgIpc) is 2.79. The van der Waals surface area contributed by atoms with E-state index in [0.29, 0.717) is 24.5 Å². The molecule has 0 atom stereocenters. The van der Waals surface area contributed by atoms with Gasteiger partial charge in [-0.2, -0.15) is 5.26 Å². The van der Waals surface area contributed by atoms with E-state index in [1.54, 1.807) is 14.2 Å². The molecule has 0 unspecified atom stereocenters. The first kappa shape index (κ1) is 20.7. The molecular formula is C24H23N3O3. The van der Waals surface area contributed by atoms with Crippen molar-refractivity contribution in [2.75, 3.05) is 26.1 Å². The third-order valence-corrected chi connectivity index (χ3v) is 4.64. The molecule has 30 heavy (non-hydrogen) atoms. The molecule has 3 rings (SSSR count). The molecule has 0 saturated carbocycles. The number of hydrogen-bond donors (Lipinski definition) is 2. The predicted octanol–water partition coefficient (Wildman–Crippen LogP) is 4.04. The van der Waals surface area contributed by atoms with E-state index in [1.165, 1.54) is 6.20 Å². The molecule has 3 aromatic carbocycles. The minimum Gasteiger partial charge on any atom is -0.493 e. The van der Waals surface area contributed by atoms with Crippen LogP contribution in [0, 0.1) is 11.3 Å². The number of nitriles is 1. The fraction of sp³-hybridized carbons (Fsp3) is 0.167. The van der Waals surface area contributed by atoms with Gasteiger partial charge in [-0.15, -0.1) is 0 Å². The van der Waals surface area contributed by atoms with Crippen molar-refractivity contribution in [3.63, 3.8) is 0 Å². The van der Waals surface area contributed by atoms with E-state index in [2.05, 4.69) is 10.6 Å². The molecule has 0 aromatic heterocycles. The van der Waals surface area contributed by atoms with Crippen molar-refractivity contribution in [3.8, 4) is 17.6 Å². The summed E-state index contributed by atoms with van der Waals surface area (Å²) in [7, 11) is 3.16. The van der Waals surface area contributed by atoms with Gasteiger partial charge in [-0.1, -0.05) is 36.4 Å². The number of rotatable bonds is 8. The van der Waals surface area contributed by atoms with Crippen LogP contribution in [0.1, 0.15) is 5.56 Å². The smallest absolute Gasteiger partial charge is 0.263 e. The second kappa shape index (κ2) is 9.99. The Morgan fingerprint density at radius 3 is 2.50 bits per heavy atom. The van der Waals surface area contributed by atoms with E-state index < -0.39 is 5.91 Å². The van der Waals surface area contributed by atoms with E-state index in [1.807, 2.05) is 66.7 Å². The van der Waals surface area contributed by atoms with Gasteiger partial charge in [0.05, 0.1) is 14.2 Å². The Labute approximate surface area is 175 Å². The first-order valence-corrected chi connectivity index (χ1v) is 9.49. The second-order valence-corrected chi connectivity index (χ2v) is 6.57. The highest BCUT2D eigenvalue weighted by Crippen LogP contribution is 2.27. The largest absolute Gasteiger partial charge is 0.493 e. The fourth-order valence-electron chi connectivity index (χ4n) is 3.03. The van der Waals surface area contributed by atoms with E-state index >= 15 is 0 Å². The van der Waals surface area contributed by atoms with Gasteiger partial charge in [0.25, 0.3) is 5.91 Å². The van der Waals surface area contributed by atoms with E-state index in [-0.39, 0.29) is 5.57 Å². The van der Waals surface area contributed by atoms with Crippen molar-refractivity contribution in [1.82, 2.24) is 5.32 Å². The number of benzene rings is 3. The van der Waals surface area contributed by atoms with Crippen LogP contribution in [-0.4, -0.2) is 26.7 Å². The summed E-state index contributed by atoms with van der Waals surface area (Å²) in [6.07, 6.45) is 2.03. The maximum Gasteiger partial charge on any atom is 0.263 e. The molecular weight excluding hydrogens is 378 g/mol. The molecule has 152 valence electrons. The predicted molar refractivity (Wildman–Crippen MR) is 118 cm³/mol. The topological polar surface area (TPSA) is 83.4 Å². The van der Waals surface area contributed by atoms with E-state index in [0.717, 1.165) is 22.0 Å². The number of carbonyl (C=O) groups excluding carboxylic acids is 1. The third kappa shape index (κ3) is 5.09. The molecule has 0 aliphatic rings. The lowest BCUT2D eigenvalue weighted by atomic mass is 10.1. The number of nitrogens with zero attached hydrogens (tertiary/aromatic N) is 1. The number of hydrogen-bond acceptors (Lipinski definition) is 5. The number of ether oxygens (including phenoxy) is 2. The van der Waals surface area contributed by atoms with Gasteiger partial charge in [0.1, 0.15) is 11.6 Å². The molecule has 6 heteroatoms. The molecule has 0 radical (unpaired) electrons. The van der Waals surface area contributed by atoms with E-state index in [9.17, 15) is 10.1 Å². The Bertz CT molecular complexity index is 1120. The molecule has 0 bridgehead atoms. The molecule has 0 heterocycles. The molecule has 0 spiro atoms. The lowest BCUT2D eigenvalue weighted by Gasteiger charge is -2.10. The van der Waals surface area contributed by atoms with Crippen LogP contribution in [0.5, 0.6) is 11.5 Å². The SMILES string of the molecule is COc1ccc(CCNC(=O)/C(C#N)=C\Nc2ccc3ccccc3c2)cc1OC. The van der Waals surface area contributed by atoms with Gasteiger partial charge in [-0.05, 0) is 47.0 Å². The summed E-state index contributed by atoms with van der Waals surface area (Å²) in [4.78, 5) is 12.3. The molecule has 3 aromatic rings. The van der Waals surface area contributed by atoms with Crippen LogP contribution in [-0.2, 0) is 11.2 Å². The maximum absolute atomic E-state index is 12.3. The molecule has 1 amide bonds. The Morgan fingerprint density at radius 1 is 1.00 bits per heavy atom. The molecule has 0 aliphatic heterocycles. The monoisotopic (exact) mass is 401 g/mol. The summed E-state index contributed by atoms with van der Waals surface area (Å²) >= 11 is 0. The van der Waals surface area contributed by atoms with Crippen LogP contribution in [0.15, 0.2) is 72.4 Å². The zero-order chi connectivity index (χ0) is 21.3. The average molecular weight is 401 g/mol. The molecule has 2 N–H and O–H groups in total. The Balaban J connectivity index is 1.58. The van der Waals surface area contributed by atoms with Crippen LogP contribution >= 0.6 is 0 Å². The summed E-state index contributed by atoms with van der Waals surface area (Å²) in [5.41, 5.74) is 1.81. The summed E-state index contributed by atoms with van der Waals surface area (Å²) in [6, 6.07) is 21.4. The maximum atomic E-state index is 12.3. The first-order valence-electron chi connectivity index (χ1n) is 9.49. The summed E-state index contributed by atoms with van der Waals surface area (Å²) in [6.45, 7) is 0.392. The van der Waals surface area contributed by atoms with Crippen LogP contribution in [0.25, 0.3) is 10.8 Å². The summed E-state index contributed by atoms with van der Waals surface area (Å²) < 4.78 is 10.5. The van der Waals surface area contributed by atoms with Crippen molar-refractivity contribution in [2.24, 2.45) is 0 Å². The lowest BCUT2D eigenvalue weighted by molar-refractivity contribution is -0.117. The normalized spacial score (nSPS) is 10.9. The molecule has 0 saturated heterocycles. The molecule has 0 aliphatic carbocycles. The number of amides is 1. The third-order valence-electron chi connectivity index (χ3n) is 4.64. The molecule has 6 nitrogen and oxygen atoms in total. The standard InChI is InChI=1S/C24H23N3O3/c1-29-22-10-7-17(13-23(22)30-2)11-12-26-24(28)20(15-25)16-27-21-9-8-18-5-3-4-6-19(18)14-21/h3-10,13-14,16,27H,11-12H2,1-2H3,(H,26,28)/b20-16-. The minimum absolute atomic E-state index is 0.00969. The fourth-order valence-corrected chi connectivity index (χ4v) is 3.03. The van der Waals surface area contributed by atoms with Crippen molar-refractivity contribution < 1.29 is 14.3 Å². The van der Waals surface area contributed by atoms with Crippen LogP contribution < -0.4 is 20.1 Å². The lowest BCUT2D eigenvalue weighted by Crippen LogP contribution is -2.27. The van der Waals surface area contributed by atoms with Crippen molar-refractivity contribution >= 4 is 22.4 Å². The van der Waals surface area contributed by atoms with Crippen LogP contribution in [0.4, 0.5) is 5.69 Å². The van der Waals surface area contributed by atoms with Crippen molar-refractivity contribution in [1.29, 1.82) is 5.26 Å². The van der Waals surface area contributed by atoms with Crippen LogP contribution in [0.3, 0.4) is 0 Å². The quantitative estimate of drug-likeness (QED) is 0.440. The zero-order valence-electron chi connectivity index (χ0n) is 16.9. The Kier molecular flexibility index (Phi) is 6.91. The molecule has 0 fully saturated rings. The highest BCUT2D eigenvalue weighted by atomic mass is 16.5. The Hall–Kier alpha value is -3.98. The highest BCUT2D eigenvalue weighted by molar-refractivity contribution is 5.97. The first-order chi connectivity index (χ1) is 14.6. The number of carbonyl (C=O) groups is 1. The summed E-state index contributed by atoms with van der Waals surface area (Å²) in [5, 5.41) is 17.3. The van der Waals surface area contributed by atoms with Crippen molar-refractivity contribution in [2.45, 2.75) is 6.42 Å². The second-order valence-electron chi connectivity index (χ2n) is 6.57. The van der Waals surface area contributed by atoms with Crippen LogP contribution in [0.2, 0.25) is 0 Å². The van der Waals surface area contributed by atoms with Gasteiger partial charge < -0.3 is 20.1 Å². The number of nitrogens with one attached hydrogen (secondary N) is 2. The van der Waals surface area contributed by atoms with Gasteiger partial charge in [0.2, 0.25) is 0 Å². The highest BCUT2D eigenvalue weighted by Gasteiger charge is 2.09. The minimum atomic E-state index is -0.425. The van der Waals surface area contributed by atoms with Gasteiger partial charge in [0, 0.05) is 18.4 Å². The van der Waals surface area contributed by atoms with Gasteiger partial charge >= 0.3 is 0 Å². The van der Waals surface area contributed by atoms with Gasteiger partial charge in [0.15, 0.2) is 11.5 Å². The zero-order valence-corrected chi connectivity index (χ0v) is 16.9. The van der Waals surface area contributed by atoms with Gasteiger partial charge in [-0.3, -0.25) is 4.79 Å². The Morgan fingerprint density at radius 2 is 1.77 bits per heavy atom. The number of fused-ring (bicyclic) bond motifs is 1. The van der Waals surface area contributed by atoms with E-state index in [4.69, 9.17) is 9.47 Å². The van der Waals surface area contributed by atoms with Gasteiger partial charge in [-0.25, -0.2) is 0 Å². The van der Waals surface area contributed by atoms with Crippen molar-refractivity contribution in [3.05, 3.63) is 78.0 Å². The summed E-state index contributed by atoms with van der Waals surface area (Å²) in [5.74, 6) is 0.865. The number of methoxy groups -OCH3 is 2. The number of anilines is 1.